The normalized spacial score (nSPS) is 25.9. The second kappa shape index (κ2) is 6.83. The molecule has 1 aromatic carbocycles. The van der Waals surface area contributed by atoms with Crippen molar-refractivity contribution in [3.63, 3.8) is 0 Å². The zero-order valence-corrected chi connectivity index (χ0v) is 13.4. The molecule has 4 heteroatoms. The van der Waals surface area contributed by atoms with Crippen molar-refractivity contribution in [2.75, 3.05) is 13.2 Å². The molecule has 1 heterocycles. The summed E-state index contributed by atoms with van der Waals surface area (Å²) >= 11 is 0. The fraction of sp³-hybridized carbons (Fsp3) is 0.526. The summed E-state index contributed by atoms with van der Waals surface area (Å²) in [5.74, 6) is -0.339. The van der Waals surface area contributed by atoms with Crippen LogP contribution in [0.4, 0.5) is 4.39 Å². The lowest BCUT2D eigenvalue weighted by Gasteiger charge is -2.38. The van der Waals surface area contributed by atoms with Crippen LogP contribution in [-0.4, -0.2) is 41.8 Å². The minimum Gasteiger partial charge on any atom is -0.372 e. The lowest BCUT2D eigenvalue weighted by molar-refractivity contribution is -0.152. The third-order valence-corrected chi connectivity index (χ3v) is 4.99. The lowest BCUT2D eigenvalue weighted by Crippen LogP contribution is -2.53. The molecule has 124 valence electrons. The van der Waals surface area contributed by atoms with Crippen LogP contribution < -0.4 is 0 Å². The summed E-state index contributed by atoms with van der Waals surface area (Å²) in [6, 6.07) is 9.92. The first-order valence-corrected chi connectivity index (χ1v) is 8.40. The topological polar surface area (TPSA) is 29.5 Å². The molecule has 3 rings (SSSR count). The van der Waals surface area contributed by atoms with E-state index in [0.717, 1.165) is 18.4 Å². The van der Waals surface area contributed by atoms with E-state index in [1.165, 1.54) is 0 Å². The number of amides is 1. The van der Waals surface area contributed by atoms with Crippen LogP contribution in [0.2, 0.25) is 0 Å². The molecule has 2 fully saturated rings. The standard InChI is InChI=1S/C19H24FNO2/c1-2-13-23-17-9-12-21(18(22)19(20)10-6-11-19)16(17)14-15-7-4-3-5-8-15/h2-5,7-8,16-17H,1,6,9-14H2/t16-,17+/m0/s1. The van der Waals surface area contributed by atoms with Crippen molar-refractivity contribution in [1.82, 2.24) is 4.90 Å². The number of nitrogens with zero attached hydrogens (tertiary/aromatic N) is 1. The number of hydrogen-bond acceptors (Lipinski definition) is 2. The zero-order valence-electron chi connectivity index (χ0n) is 13.4. The number of benzene rings is 1. The van der Waals surface area contributed by atoms with Gasteiger partial charge in [0.1, 0.15) is 0 Å². The number of carbonyl (C=O) groups excluding carboxylic acids is 1. The van der Waals surface area contributed by atoms with Gasteiger partial charge >= 0.3 is 0 Å². The summed E-state index contributed by atoms with van der Waals surface area (Å²) in [6.45, 7) is 4.71. The van der Waals surface area contributed by atoms with Crippen LogP contribution in [-0.2, 0) is 16.0 Å². The molecule has 0 spiro atoms. The Kier molecular flexibility index (Phi) is 4.81. The molecule has 23 heavy (non-hydrogen) atoms. The van der Waals surface area contributed by atoms with Crippen molar-refractivity contribution in [2.45, 2.75) is 49.9 Å². The monoisotopic (exact) mass is 317 g/mol. The summed E-state index contributed by atoms with van der Waals surface area (Å²) in [6.07, 6.45) is 4.64. The summed E-state index contributed by atoms with van der Waals surface area (Å²) in [4.78, 5) is 14.4. The van der Waals surface area contributed by atoms with Crippen molar-refractivity contribution < 1.29 is 13.9 Å². The molecule has 1 aliphatic carbocycles. The number of carbonyl (C=O) groups is 1. The van der Waals surface area contributed by atoms with Gasteiger partial charge in [0, 0.05) is 6.54 Å². The van der Waals surface area contributed by atoms with Gasteiger partial charge in [0.05, 0.1) is 18.8 Å². The summed E-state index contributed by atoms with van der Waals surface area (Å²) in [5.41, 5.74) is -0.492. The molecule has 1 amide bonds. The molecular weight excluding hydrogens is 293 g/mol. The Labute approximate surface area is 137 Å². The maximum absolute atomic E-state index is 14.6. The van der Waals surface area contributed by atoms with E-state index in [0.29, 0.717) is 32.4 Å². The van der Waals surface area contributed by atoms with Gasteiger partial charge in [-0.15, -0.1) is 6.58 Å². The molecule has 1 saturated heterocycles. The SMILES string of the molecule is C=CCO[C@@H]1CCN(C(=O)C2(F)CCC2)[C@H]1Cc1ccccc1. The molecule has 1 aliphatic heterocycles. The predicted octanol–water partition coefficient (Wildman–Crippen LogP) is 3.29. The lowest BCUT2D eigenvalue weighted by atomic mass is 9.80. The van der Waals surface area contributed by atoms with E-state index < -0.39 is 5.67 Å². The van der Waals surface area contributed by atoms with Crippen molar-refractivity contribution in [2.24, 2.45) is 0 Å². The van der Waals surface area contributed by atoms with E-state index in [-0.39, 0.29) is 18.1 Å². The number of hydrogen-bond donors (Lipinski definition) is 0. The maximum atomic E-state index is 14.6. The molecule has 0 aromatic heterocycles. The summed E-state index contributed by atoms with van der Waals surface area (Å²) < 4.78 is 20.4. The van der Waals surface area contributed by atoms with Gasteiger partial charge in [-0.25, -0.2) is 4.39 Å². The van der Waals surface area contributed by atoms with Crippen LogP contribution in [0.25, 0.3) is 0 Å². The Morgan fingerprint density at radius 2 is 2.13 bits per heavy atom. The van der Waals surface area contributed by atoms with Gasteiger partial charge in [0.15, 0.2) is 5.67 Å². The van der Waals surface area contributed by atoms with Crippen molar-refractivity contribution >= 4 is 5.91 Å². The predicted molar refractivity (Wildman–Crippen MR) is 87.9 cm³/mol. The van der Waals surface area contributed by atoms with Gasteiger partial charge in [-0.1, -0.05) is 36.4 Å². The second-order valence-electron chi connectivity index (χ2n) is 6.52. The average molecular weight is 317 g/mol. The van der Waals surface area contributed by atoms with E-state index in [1.54, 1.807) is 11.0 Å². The Balaban J connectivity index is 1.77. The Morgan fingerprint density at radius 3 is 2.74 bits per heavy atom. The third-order valence-electron chi connectivity index (χ3n) is 4.99. The van der Waals surface area contributed by atoms with E-state index in [9.17, 15) is 9.18 Å². The quantitative estimate of drug-likeness (QED) is 0.754. The highest BCUT2D eigenvalue weighted by atomic mass is 19.1. The summed E-state index contributed by atoms with van der Waals surface area (Å²) in [7, 11) is 0. The highest BCUT2D eigenvalue weighted by Crippen LogP contribution is 2.39. The number of rotatable bonds is 6. The molecule has 0 bridgehead atoms. The number of likely N-dealkylation sites (tertiary alicyclic amines) is 1. The average Bonchev–Trinajstić information content (AvgIpc) is 2.93. The van der Waals surface area contributed by atoms with Gasteiger partial charge in [-0.3, -0.25) is 4.79 Å². The first-order chi connectivity index (χ1) is 11.1. The molecule has 3 nitrogen and oxygen atoms in total. The van der Waals surface area contributed by atoms with Crippen molar-refractivity contribution in [3.05, 3.63) is 48.6 Å². The van der Waals surface area contributed by atoms with E-state index >= 15 is 0 Å². The van der Waals surface area contributed by atoms with Gasteiger partial charge < -0.3 is 9.64 Å². The summed E-state index contributed by atoms with van der Waals surface area (Å²) in [5, 5.41) is 0. The van der Waals surface area contributed by atoms with E-state index in [4.69, 9.17) is 4.74 Å². The zero-order chi connectivity index (χ0) is 16.3. The first-order valence-electron chi connectivity index (χ1n) is 8.40. The van der Waals surface area contributed by atoms with Gasteiger partial charge in [0.2, 0.25) is 0 Å². The molecule has 0 radical (unpaired) electrons. The van der Waals surface area contributed by atoms with Crippen LogP contribution in [0.3, 0.4) is 0 Å². The molecule has 0 N–H and O–H groups in total. The van der Waals surface area contributed by atoms with Crippen LogP contribution in [0.15, 0.2) is 43.0 Å². The van der Waals surface area contributed by atoms with Crippen molar-refractivity contribution in [1.29, 1.82) is 0 Å². The fourth-order valence-corrected chi connectivity index (χ4v) is 3.52. The molecule has 0 unspecified atom stereocenters. The van der Waals surface area contributed by atoms with E-state index in [1.807, 2.05) is 30.3 Å². The molecule has 1 saturated carbocycles. The number of halogens is 1. The smallest absolute Gasteiger partial charge is 0.260 e. The van der Waals surface area contributed by atoms with Crippen LogP contribution in [0, 0.1) is 0 Å². The third kappa shape index (κ3) is 3.32. The Morgan fingerprint density at radius 1 is 1.39 bits per heavy atom. The number of alkyl halides is 1. The fourth-order valence-electron chi connectivity index (χ4n) is 3.52. The van der Waals surface area contributed by atoms with Crippen molar-refractivity contribution in [3.8, 4) is 0 Å². The number of ether oxygens (including phenoxy) is 1. The largest absolute Gasteiger partial charge is 0.372 e. The first kappa shape index (κ1) is 16.2. The molecule has 2 aliphatic rings. The minimum atomic E-state index is -1.64. The highest BCUT2D eigenvalue weighted by molar-refractivity contribution is 5.86. The van der Waals surface area contributed by atoms with Crippen LogP contribution in [0.1, 0.15) is 31.2 Å². The molecule has 1 aromatic rings. The maximum Gasteiger partial charge on any atom is 0.260 e. The molecular formula is C19H24FNO2. The highest BCUT2D eigenvalue weighted by Gasteiger charge is 2.50. The van der Waals surface area contributed by atoms with Crippen LogP contribution in [0.5, 0.6) is 0 Å². The Bertz CT molecular complexity index is 556. The van der Waals surface area contributed by atoms with Gasteiger partial charge in [0.25, 0.3) is 5.91 Å². The Hall–Kier alpha value is -1.68. The second-order valence-corrected chi connectivity index (χ2v) is 6.52. The van der Waals surface area contributed by atoms with E-state index in [2.05, 4.69) is 6.58 Å². The van der Waals surface area contributed by atoms with Gasteiger partial charge in [-0.2, -0.15) is 0 Å². The minimum absolute atomic E-state index is 0.0548. The van der Waals surface area contributed by atoms with Crippen LogP contribution >= 0.6 is 0 Å². The van der Waals surface area contributed by atoms with Gasteiger partial charge in [-0.05, 0) is 37.7 Å². The molecule has 2 atom stereocenters.